The second kappa shape index (κ2) is 10.4. The largest absolute Gasteiger partial charge is 0.392 e. The van der Waals surface area contributed by atoms with E-state index < -0.39 is 0 Å². The SMILES string of the molecule is CC(C)Cn1c(=O)n(C)c(=O)c2c(-c3ccncc3)n(Cc3cccc(C#CC=CCO)c3)nc21. The molecule has 3 heterocycles. The normalized spacial score (nSPS) is 11.3. The van der Waals surface area contributed by atoms with Gasteiger partial charge in [-0.3, -0.25) is 23.6 Å². The van der Waals surface area contributed by atoms with Crippen LogP contribution in [0.1, 0.15) is 25.0 Å². The number of hydrogen-bond acceptors (Lipinski definition) is 5. The zero-order valence-electron chi connectivity index (χ0n) is 20.0. The Kier molecular flexibility index (Phi) is 7.09. The Morgan fingerprint density at radius 2 is 1.91 bits per heavy atom. The van der Waals surface area contributed by atoms with Crippen molar-refractivity contribution in [2.45, 2.75) is 26.9 Å². The first-order valence-electron chi connectivity index (χ1n) is 11.4. The standard InChI is InChI=1S/C27H27N5O3/c1-19(2)17-31-25-23(26(34)30(3)27(31)35)24(22-11-13-28-14-12-22)32(29-25)18-21-10-7-9-20(16-21)8-5-4-6-15-33/h4,6-7,9-14,16,19,33H,15,17-18H2,1-3H3. The summed E-state index contributed by atoms with van der Waals surface area (Å²) in [5.41, 5.74) is 2.82. The lowest BCUT2D eigenvalue weighted by atomic mass is 10.1. The highest BCUT2D eigenvalue weighted by Crippen LogP contribution is 2.27. The van der Waals surface area contributed by atoms with Gasteiger partial charge in [-0.1, -0.05) is 43.9 Å². The number of hydrogen-bond donors (Lipinski definition) is 1. The van der Waals surface area contributed by atoms with E-state index in [0.29, 0.717) is 29.8 Å². The van der Waals surface area contributed by atoms with Crippen LogP contribution in [-0.4, -0.2) is 35.6 Å². The molecule has 4 rings (SSSR count). The van der Waals surface area contributed by atoms with Crippen molar-refractivity contribution in [3.63, 3.8) is 0 Å². The van der Waals surface area contributed by atoms with Gasteiger partial charge in [0.25, 0.3) is 5.56 Å². The first kappa shape index (κ1) is 23.9. The van der Waals surface area contributed by atoms with E-state index in [1.165, 1.54) is 7.05 Å². The van der Waals surface area contributed by atoms with E-state index in [9.17, 15) is 9.59 Å². The number of allylic oxidation sites excluding steroid dienone is 1. The summed E-state index contributed by atoms with van der Waals surface area (Å²) in [6, 6.07) is 11.4. The fourth-order valence-electron chi connectivity index (χ4n) is 3.97. The molecule has 8 nitrogen and oxygen atoms in total. The second-order valence-corrected chi connectivity index (χ2v) is 8.65. The van der Waals surface area contributed by atoms with Crippen molar-refractivity contribution < 1.29 is 5.11 Å². The fraction of sp³-hybridized carbons (Fsp3) is 0.259. The van der Waals surface area contributed by atoms with E-state index >= 15 is 0 Å². The Bertz CT molecular complexity index is 1560. The molecule has 0 fully saturated rings. The van der Waals surface area contributed by atoms with E-state index in [1.54, 1.807) is 33.8 Å². The molecular weight excluding hydrogens is 442 g/mol. The molecule has 0 aliphatic heterocycles. The third-order valence-corrected chi connectivity index (χ3v) is 5.51. The molecule has 0 bridgehead atoms. The number of aromatic nitrogens is 5. The molecule has 1 aromatic carbocycles. The van der Waals surface area contributed by atoms with Gasteiger partial charge in [-0.25, -0.2) is 4.79 Å². The summed E-state index contributed by atoms with van der Waals surface area (Å²) < 4.78 is 4.51. The lowest BCUT2D eigenvalue weighted by Gasteiger charge is -2.11. The van der Waals surface area contributed by atoms with Crippen LogP contribution in [0.4, 0.5) is 0 Å². The number of aliphatic hydroxyl groups excluding tert-OH is 1. The molecular formula is C27H27N5O3. The summed E-state index contributed by atoms with van der Waals surface area (Å²) in [5, 5.41) is 14.1. The van der Waals surface area contributed by atoms with Crippen molar-refractivity contribution in [3.05, 3.63) is 92.9 Å². The van der Waals surface area contributed by atoms with Crippen LogP contribution in [0.15, 0.2) is 70.5 Å². The Morgan fingerprint density at radius 3 is 2.63 bits per heavy atom. The second-order valence-electron chi connectivity index (χ2n) is 8.65. The van der Waals surface area contributed by atoms with Crippen LogP contribution in [0.5, 0.6) is 0 Å². The lowest BCUT2D eigenvalue weighted by Crippen LogP contribution is -2.38. The van der Waals surface area contributed by atoms with Crippen molar-refractivity contribution in [1.82, 2.24) is 23.9 Å². The predicted molar refractivity (Wildman–Crippen MR) is 136 cm³/mol. The third-order valence-electron chi connectivity index (χ3n) is 5.51. The fourth-order valence-corrected chi connectivity index (χ4v) is 3.97. The van der Waals surface area contributed by atoms with E-state index in [2.05, 4.69) is 16.8 Å². The summed E-state index contributed by atoms with van der Waals surface area (Å²) >= 11 is 0. The zero-order chi connectivity index (χ0) is 24.9. The number of fused-ring (bicyclic) bond motifs is 1. The third kappa shape index (κ3) is 5.00. The molecule has 0 unspecified atom stereocenters. The maximum absolute atomic E-state index is 13.3. The Hall–Kier alpha value is -4.22. The minimum Gasteiger partial charge on any atom is -0.392 e. The van der Waals surface area contributed by atoms with Crippen LogP contribution in [0, 0.1) is 17.8 Å². The van der Waals surface area contributed by atoms with E-state index in [-0.39, 0.29) is 23.8 Å². The average Bonchev–Trinajstić information content (AvgIpc) is 3.22. The van der Waals surface area contributed by atoms with Crippen molar-refractivity contribution in [1.29, 1.82) is 0 Å². The van der Waals surface area contributed by atoms with Gasteiger partial charge in [0.05, 0.1) is 18.8 Å². The van der Waals surface area contributed by atoms with Crippen molar-refractivity contribution in [2.75, 3.05) is 6.61 Å². The predicted octanol–water partition coefficient (Wildman–Crippen LogP) is 2.56. The van der Waals surface area contributed by atoms with E-state index in [1.807, 2.05) is 50.2 Å². The molecule has 8 heteroatoms. The molecule has 0 radical (unpaired) electrons. The van der Waals surface area contributed by atoms with Crippen molar-refractivity contribution in [2.24, 2.45) is 13.0 Å². The maximum Gasteiger partial charge on any atom is 0.332 e. The Balaban J connectivity index is 1.92. The molecule has 4 aromatic rings. The van der Waals surface area contributed by atoms with Gasteiger partial charge in [-0.15, -0.1) is 0 Å². The van der Waals surface area contributed by atoms with Crippen molar-refractivity contribution >= 4 is 11.0 Å². The lowest BCUT2D eigenvalue weighted by molar-refractivity contribution is 0.343. The highest BCUT2D eigenvalue weighted by molar-refractivity contribution is 5.90. The van der Waals surface area contributed by atoms with Gasteiger partial charge >= 0.3 is 5.69 Å². The highest BCUT2D eigenvalue weighted by atomic mass is 16.2. The van der Waals surface area contributed by atoms with Crippen LogP contribution in [-0.2, 0) is 20.1 Å². The number of aliphatic hydroxyl groups is 1. The maximum atomic E-state index is 13.3. The molecule has 178 valence electrons. The molecule has 1 N–H and O–H groups in total. The Labute approximate surface area is 202 Å². The van der Waals surface area contributed by atoms with Gasteiger partial charge in [0, 0.05) is 37.1 Å². The summed E-state index contributed by atoms with van der Waals surface area (Å²) in [7, 11) is 1.50. The van der Waals surface area contributed by atoms with Gasteiger partial charge < -0.3 is 5.11 Å². The molecule has 0 saturated heterocycles. The monoisotopic (exact) mass is 469 g/mol. The van der Waals surface area contributed by atoms with Crippen LogP contribution in [0.3, 0.4) is 0 Å². The van der Waals surface area contributed by atoms with Gasteiger partial charge in [-0.05, 0) is 41.8 Å². The van der Waals surface area contributed by atoms with Crippen molar-refractivity contribution in [3.8, 4) is 23.1 Å². The molecule has 0 spiro atoms. The summed E-state index contributed by atoms with van der Waals surface area (Å²) in [6.45, 7) is 4.82. The molecule has 0 saturated carbocycles. The number of pyridine rings is 1. The first-order chi connectivity index (χ1) is 16.9. The van der Waals surface area contributed by atoms with Crippen LogP contribution >= 0.6 is 0 Å². The summed E-state index contributed by atoms with van der Waals surface area (Å²) in [6.07, 6.45) is 6.52. The molecule has 0 aliphatic rings. The minimum atomic E-state index is -0.379. The number of nitrogens with zero attached hydrogens (tertiary/aromatic N) is 5. The first-order valence-corrected chi connectivity index (χ1v) is 11.4. The van der Waals surface area contributed by atoms with Gasteiger partial charge in [0.1, 0.15) is 5.39 Å². The molecule has 0 amide bonds. The smallest absolute Gasteiger partial charge is 0.332 e. The summed E-state index contributed by atoms with van der Waals surface area (Å²) in [4.78, 5) is 30.4. The number of rotatable bonds is 6. The van der Waals surface area contributed by atoms with Gasteiger partial charge in [0.15, 0.2) is 5.65 Å². The highest BCUT2D eigenvalue weighted by Gasteiger charge is 2.22. The molecule has 3 aromatic heterocycles. The van der Waals surface area contributed by atoms with E-state index in [0.717, 1.165) is 21.3 Å². The minimum absolute atomic E-state index is 0.0549. The summed E-state index contributed by atoms with van der Waals surface area (Å²) in [5.74, 6) is 6.14. The van der Waals surface area contributed by atoms with Gasteiger partial charge in [-0.2, -0.15) is 5.10 Å². The number of benzene rings is 1. The quantitative estimate of drug-likeness (QED) is 0.438. The van der Waals surface area contributed by atoms with Crippen LogP contribution < -0.4 is 11.2 Å². The van der Waals surface area contributed by atoms with Crippen LogP contribution in [0.2, 0.25) is 0 Å². The van der Waals surface area contributed by atoms with Gasteiger partial charge in [0.2, 0.25) is 0 Å². The van der Waals surface area contributed by atoms with E-state index in [4.69, 9.17) is 10.2 Å². The molecule has 0 aliphatic carbocycles. The topological polar surface area (TPSA) is 94.9 Å². The van der Waals surface area contributed by atoms with Crippen LogP contribution in [0.25, 0.3) is 22.3 Å². The molecule has 35 heavy (non-hydrogen) atoms. The Morgan fingerprint density at radius 1 is 1.14 bits per heavy atom. The molecule has 0 atom stereocenters. The average molecular weight is 470 g/mol. The zero-order valence-corrected chi connectivity index (χ0v) is 20.0.